The lowest BCUT2D eigenvalue weighted by atomic mass is 10.0. The van der Waals surface area contributed by atoms with Gasteiger partial charge in [-0.2, -0.15) is 0 Å². The summed E-state index contributed by atoms with van der Waals surface area (Å²) in [4.78, 5) is 11.0. The van der Waals surface area contributed by atoms with Crippen LogP contribution in [0.1, 0.15) is 24.5 Å². The summed E-state index contributed by atoms with van der Waals surface area (Å²) < 4.78 is 5.00. The van der Waals surface area contributed by atoms with Crippen molar-refractivity contribution in [2.45, 2.75) is 20.3 Å². The van der Waals surface area contributed by atoms with Crippen molar-refractivity contribution in [1.82, 2.24) is 0 Å². The molecule has 0 saturated heterocycles. The van der Waals surface area contributed by atoms with Gasteiger partial charge >= 0.3 is 5.97 Å². The molecule has 2 nitrogen and oxygen atoms in total. The van der Waals surface area contributed by atoms with Gasteiger partial charge in [0.1, 0.15) is 5.76 Å². The monoisotopic (exact) mass is 188 g/mol. The van der Waals surface area contributed by atoms with Gasteiger partial charge in [0, 0.05) is 5.57 Å². The molecule has 1 aliphatic rings. The van der Waals surface area contributed by atoms with Crippen molar-refractivity contribution in [2.75, 3.05) is 0 Å². The minimum absolute atomic E-state index is 0.155. The van der Waals surface area contributed by atoms with E-state index in [2.05, 4.69) is 0 Å². The van der Waals surface area contributed by atoms with Crippen molar-refractivity contribution < 1.29 is 9.53 Å². The number of carbonyl (C=O) groups excluding carboxylic acids is 1. The number of aryl methyl sites for hydroxylation is 1. The van der Waals surface area contributed by atoms with Gasteiger partial charge in [-0.1, -0.05) is 29.8 Å². The first-order chi connectivity index (χ1) is 6.66. The lowest BCUT2D eigenvalue weighted by Crippen LogP contribution is -1.91. The molecule has 2 heteroatoms. The first kappa shape index (κ1) is 9.00. The average molecular weight is 188 g/mol. The van der Waals surface area contributed by atoms with Crippen LogP contribution in [-0.2, 0) is 9.53 Å². The first-order valence-corrected chi connectivity index (χ1v) is 4.64. The Labute approximate surface area is 83.2 Å². The van der Waals surface area contributed by atoms with Crippen LogP contribution in [0.2, 0.25) is 0 Å². The van der Waals surface area contributed by atoms with Crippen molar-refractivity contribution in [2.24, 2.45) is 0 Å². The predicted molar refractivity (Wildman–Crippen MR) is 54.5 cm³/mol. The minimum atomic E-state index is -0.155. The van der Waals surface area contributed by atoms with E-state index >= 15 is 0 Å². The van der Waals surface area contributed by atoms with Gasteiger partial charge in [-0.15, -0.1) is 0 Å². The van der Waals surface area contributed by atoms with E-state index in [4.69, 9.17) is 4.74 Å². The van der Waals surface area contributed by atoms with Gasteiger partial charge < -0.3 is 4.74 Å². The molecule has 0 spiro atoms. The number of benzene rings is 1. The second-order valence-corrected chi connectivity index (χ2v) is 3.55. The molecule has 1 heterocycles. The molecule has 0 aliphatic carbocycles. The smallest absolute Gasteiger partial charge is 0.315 e. The number of carbonyl (C=O) groups is 1. The highest BCUT2D eigenvalue weighted by atomic mass is 16.5. The molecular weight excluding hydrogens is 176 g/mol. The summed E-state index contributed by atoms with van der Waals surface area (Å²) in [6.45, 7) is 3.88. The molecule has 0 saturated carbocycles. The van der Waals surface area contributed by atoms with E-state index in [9.17, 15) is 4.79 Å². The maximum Gasteiger partial charge on any atom is 0.315 e. The van der Waals surface area contributed by atoms with Gasteiger partial charge in [-0.3, -0.25) is 4.79 Å². The molecule has 0 unspecified atom stereocenters. The van der Waals surface area contributed by atoms with E-state index in [1.165, 1.54) is 5.56 Å². The maximum absolute atomic E-state index is 11.0. The van der Waals surface area contributed by atoms with E-state index in [0.717, 1.165) is 16.9 Å². The molecule has 0 aromatic heterocycles. The molecule has 0 radical (unpaired) electrons. The van der Waals surface area contributed by atoms with Crippen LogP contribution in [0.3, 0.4) is 0 Å². The number of allylic oxidation sites excluding steroid dienone is 1. The van der Waals surface area contributed by atoms with E-state index in [-0.39, 0.29) is 5.97 Å². The van der Waals surface area contributed by atoms with Crippen molar-refractivity contribution in [3.05, 3.63) is 41.2 Å². The van der Waals surface area contributed by atoms with Gasteiger partial charge in [-0.25, -0.2) is 0 Å². The number of ether oxygens (including phenoxy) is 1. The lowest BCUT2D eigenvalue weighted by Gasteiger charge is -2.01. The highest BCUT2D eigenvalue weighted by Gasteiger charge is 2.21. The second-order valence-electron chi connectivity index (χ2n) is 3.55. The van der Waals surface area contributed by atoms with Crippen molar-refractivity contribution in [3.63, 3.8) is 0 Å². The quantitative estimate of drug-likeness (QED) is 0.633. The summed E-state index contributed by atoms with van der Waals surface area (Å²) in [7, 11) is 0. The molecule has 1 aromatic carbocycles. The summed E-state index contributed by atoms with van der Waals surface area (Å²) in [5, 5.41) is 0. The fourth-order valence-electron chi connectivity index (χ4n) is 1.60. The summed E-state index contributed by atoms with van der Waals surface area (Å²) in [6, 6.07) is 8.13. The zero-order valence-corrected chi connectivity index (χ0v) is 8.33. The van der Waals surface area contributed by atoms with Crippen LogP contribution >= 0.6 is 0 Å². The molecule has 0 atom stereocenters. The van der Waals surface area contributed by atoms with Gasteiger partial charge in [0.15, 0.2) is 0 Å². The lowest BCUT2D eigenvalue weighted by molar-refractivity contribution is -0.136. The fraction of sp³-hybridized carbons (Fsp3) is 0.250. The van der Waals surface area contributed by atoms with Crippen molar-refractivity contribution in [3.8, 4) is 0 Å². The van der Waals surface area contributed by atoms with Crippen molar-refractivity contribution in [1.29, 1.82) is 0 Å². The third-order valence-electron chi connectivity index (χ3n) is 2.41. The number of esters is 1. The van der Waals surface area contributed by atoms with E-state index in [0.29, 0.717) is 6.42 Å². The predicted octanol–water partition coefficient (Wildman–Crippen LogP) is 2.67. The van der Waals surface area contributed by atoms with E-state index < -0.39 is 0 Å². The molecule has 72 valence electrons. The highest BCUT2D eigenvalue weighted by molar-refractivity contribution is 5.91. The molecular formula is C12H12O2. The van der Waals surface area contributed by atoms with Gasteiger partial charge in [-0.05, 0) is 19.4 Å². The third-order valence-corrected chi connectivity index (χ3v) is 2.41. The highest BCUT2D eigenvalue weighted by Crippen LogP contribution is 2.29. The number of hydrogen-bond donors (Lipinski definition) is 0. The topological polar surface area (TPSA) is 26.3 Å². The molecule has 2 rings (SSSR count). The van der Waals surface area contributed by atoms with Gasteiger partial charge in [0.25, 0.3) is 0 Å². The summed E-state index contributed by atoms with van der Waals surface area (Å²) in [5.41, 5.74) is 3.31. The first-order valence-electron chi connectivity index (χ1n) is 4.64. The Morgan fingerprint density at radius 2 is 1.79 bits per heavy atom. The largest absolute Gasteiger partial charge is 0.431 e. The maximum atomic E-state index is 11.0. The average Bonchev–Trinajstić information content (AvgIpc) is 2.47. The number of rotatable bonds is 1. The molecule has 0 fully saturated rings. The Kier molecular flexibility index (Phi) is 2.12. The van der Waals surface area contributed by atoms with Crippen LogP contribution in [0.4, 0.5) is 0 Å². The van der Waals surface area contributed by atoms with Crippen LogP contribution in [0.15, 0.2) is 30.0 Å². The summed E-state index contributed by atoms with van der Waals surface area (Å²) in [5.74, 6) is 0.580. The van der Waals surface area contributed by atoms with E-state index in [1.807, 2.05) is 38.1 Å². The molecule has 0 N–H and O–H groups in total. The molecule has 1 aliphatic heterocycles. The Bertz CT molecular complexity index is 399. The normalized spacial score (nSPS) is 16.0. The SMILES string of the molecule is CC1=C(c2ccc(C)cc2)CC(=O)O1. The Hall–Kier alpha value is -1.57. The standard InChI is InChI=1S/C12H12O2/c1-8-3-5-10(6-4-8)11-7-12(13)14-9(11)2/h3-6H,7H2,1-2H3. The Morgan fingerprint density at radius 1 is 1.14 bits per heavy atom. The van der Waals surface area contributed by atoms with Crippen LogP contribution < -0.4 is 0 Å². The van der Waals surface area contributed by atoms with Crippen LogP contribution in [0.25, 0.3) is 5.57 Å². The van der Waals surface area contributed by atoms with Crippen LogP contribution in [-0.4, -0.2) is 5.97 Å². The zero-order chi connectivity index (χ0) is 10.1. The van der Waals surface area contributed by atoms with Crippen molar-refractivity contribution >= 4 is 11.5 Å². The molecule has 0 amide bonds. The third kappa shape index (κ3) is 1.55. The fourth-order valence-corrected chi connectivity index (χ4v) is 1.60. The Balaban J connectivity index is 2.36. The van der Waals surface area contributed by atoms with Crippen LogP contribution in [0.5, 0.6) is 0 Å². The second kappa shape index (κ2) is 3.29. The Morgan fingerprint density at radius 3 is 2.29 bits per heavy atom. The van der Waals surface area contributed by atoms with Gasteiger partial charge in [0.05, 0.1) is 6.42 Å². The van der Waals surface area contributed by atoms with E-state index in [1.54, 1.807) is 0 Å². The molecule has 0 bridgehead atoms. The zero-order valence-electron chi connectivity index (χ0n) is 8.33. The summed E-state index contributed by atoms with van der Waals surface area (Å²) >= 11 is 0. The van der Waals surface area contributed by atoms with Gasteiger partial charge in [0.2, 0.25) is 0 Å². The van der Waals surface area contributed by atoms with Crippen LogP contribution in [0, 0.1) is 6.92 Å². The number of cyclic esters (lactones) is 1. The summed E-state index contributed by atoms with van der Waals surface area (Å²) in [6.07, 6.45) is 0.398. The minimum Gasteiger partial charge on any atom is -0.431 e. The number of hydrogen-bond acceptors (Lipinski definition) is 2. The molecule has 1 aromatic rings. The molecule has 14 heavy (non-hydrogen) atoms.